The maximum atomic E-state index is 13.2. The number of hydrogen-bond acceptors (Lipinski definition) is 4. The number of likely N-dealkylation sites (tertiary alicyclic amines) is 2. The van der Waals surface area contributed by atoms with Crippen molar-refractivity contribution in [3.05, 3.63) is 42.2 Å². The Labute approximate surface area is 169 Å². The number of aromatic nitrogens is 2. The Bertz CT molecular complexity index is 837. The van der Waals surface area contributed by atoms with Gasteiger partial charge in [-0.2, -0.15) is 0 Å². The fourth-order valence-electron chi connectivity index (χ4n) is 4.14. The molecule has 0 radical (unpaired) electrons. The van der Waals surface area contributed by atoms with Crippen LogP contribution in [0.4, 0.5) is 0 Å². The van der Waals surface area contributed by atoms with Gasteiger partial charge in [-0.3, -0.25) is 14.2 Å². The number of hydrogen-bond donors (Lipinski definition) is 0. The summed E-state index contributed by atoms with van der Waals surface area (Å²) in [7, 11) is 0. The highest BCUT2D eigenvalue weighted by molar-refractivity contribution is 7.98. The number of thioether (sulfide) groups is 1. The molecule has 0 atom stereocenters. The maximum Gasteiger partial charge on any atom is 0.272 e. The Kier molecular flexibility index (Phi) is 5.71. The molecule has 3 heterocycles. The van der Waals surface area contributed by atoms with Gasteiger partial charge >= 0.3 is 0 Å². The van der Waals surface area contributed by atoms with Crippen molar-refractivity contribution < 1.29 is 9.59 Å². The van der Waals surface area contributed by atoms with Gasteiger partial charge in [0.05, 0.1) is 6.20 Å². The lowest BCUT2D eigenvalue weighted by Gasteiger charge is -2.33. The molecule has 0 unspecified atom stereocenters. The Morgan fingerprint density at radius 3 is 2.32 bits per heavy atom. The molecule has 28 heavy (non-hydrogen) atoms. The van der Waals surface area contributed by atoms with E-state index in [1.165, 1.54) is 11.8 Å². The van der Waals surface area contributed by atoms with Crippen LogP contribution in [0, 0.1) is 5.92 Å². The maximum absolute atomic E-state index is 13.2. The van der Waals surface area contributed by atoms with Gasteiger partial charge in [0.1, 0.15) is 5.69 Å². The van der Waals surface area contributed by atoms with E-state index in [0.29, 0.717) is 18.8 Å². The lowest BCUT2D eigenvalue weighted by atomic mass is 9.95. The molecule has 2 aromatic rings. The van der Waals surface area contributed by atoms with Gasteiger partial charge in [0.2, 0.25) is 5.91 Å². The number of para-hydroxylation sites is 1. The quantitative estimate of drug-likeness (QED) is 0.743. The lowest BCUT2D eigenvalue weighted by Crippen LogP contribution is -2.44. The Morgan fingerprint density at radius 1 is 1.00 bits per heavy atom. The Balaban J connectivity index is 1.47. The zero-order valence-corrected chi connectivity index (χ0v) is 17.0. The van der Waals surface area contributed by atoms with Crippen LogP contribution in [-0.4, -0.2) is 63.6 Å². The minimum atomic E-state index is -0.0104. The van der Waals surface area contributed by atoms with Crippen molar-refractivity contribution >= 4 is 23.6 Å². The molecule has 2 aliphatic rings. The van der Waals surface area contributed by atoms with Gasteiger partial charge in [-0.25, -0.2) is 4.98 Å². The van der Waals surface area contributed by atoms with Crippen molar-refractivity contribution in [3.8, 4) is 5.69 Å². The first-order valence-electron chi connectivity index (χ1n) is 9.94. The molecule has 4 rings (SSSR count). The summed E-state index contributed by atoms with van der Waals surface area (Å²) in [5.74, 6) is 0.329. The molecule has 6 nitrogen and oxygen atoms in total. The molecular formula is C21H26N4O2S. The van der Waals surface area contributed by atoms with E-state index in [1.807, 2.05) is 51.0 Å². The smallest absolute Gasteiger partial charge is 0.272 e. The van der Waals surface area contributed by atoms with E-state index in [1.54, 1.807) is 6.20 Å². The first kappa shape index (κ1) is 19.1. The molecule has 2 saturated heterocycles. The number of piperidine rings is 1. The predicted octanol–water partition coefficient (Wildman–Crippen LogP) is 3.07. The first-order chi connectivity index (χ1) is 13.7. The Morgan fingerprint density at radius 2 is 1.68 bits per heavy atom. The number of rotatable bonds is 4. The molecular weight excluding hydrogens is 372 g/mol. The van der Waals surface area contributed by atoms with Gasteiger partial charge in [-0.05, 0) is 44.1 Å². The SMILES string of the molecule is CSc1ncc(C(=O)N2CCC(C(=O)N3CCCC3)CC2)n1-c1ccccc1. The molecule has 0 N–H and O–H groups in total. The van der Waals surface area contributed by atoms with Gasteiger partial charge in [0.25, 0.3) is 5.91 Å². The summed E-state index contributed by atoms with van der Waals surface area (Å²) in [6.45, 7) is 3.03. The predicted molar refractivity (Wildman–Crippen MR) is 110 cm³/mol. The summed E-state index contributed by atoms with van der Waals surface area (Å²) < 4.78 is 1.93. The molecule has 2 aliphatic heterocycles. The molecule has 2 fully saturated rings. The van der Waals surface area contributed by atoms with Crippen molar-refractivity contribution in [2.45, 2.75) is 30.8 Å². The largest absolute Gasteiger partial charge is 0.342 e. The van der Waals surface area contributed by atoms with Gasteiger partial charge in [0.15, 0.2) is 5.16 Å². The molecule has 0 bridgehead atoms. The third kappa shape index (κ3) is 3.68. The zero-order chi connectivity index (χ0) is 19.5. The highest BCUT2D eigenvalue weighted by atomic mass is 32.2. The average Bonchev–Trinajstić information content (AvgIpc) is 3.43. The van der Waals surface area contributed by atoms with Crippen LogP contribution in [0.2, 0.25) is 0 Å². The van der Waals surface area contributed by atoms with E-state index < -0.39 is 0 Å². The van der Waals surface area contributed by atoms with Crippen LogP contribution in [0.15, 0.2) is 41.7 Å². The van der Waals surface area contributed by atoms with Crippen LogP contribution in [0.3, 0.4) is 0 Å². The van der Waals surface area contributed by atoms with E-state index in [9.17, 15) is 9.59 Å². The molecule has 0 aliphatic carbocycles. The number of carbonyl (C=O) groups is 2. The van der Waals surface area contributed by atoms with Crippen LogP contribution in [0.5, 0.6) is 0 Å². The standard InChI is InChI=1S/C21H26N4O2S/c1-28-21-22-15-18(25(21)17-7-3-2-4-8-17)20(27)24-13-9-16(10-14-24)19(26)23-11-5-6-12-23/h2-4,7-8,15-16H,5-6,9-14H2,1H3. The van der Waals surface area contributed by atoms with Crippen LogP contribution < -0.4 is 0 Å². The van der Waals surface area contributed by atoms with Crippen molar-refractivity contribution in [3.63, 3.8) is 0 Å². The summed E-state index contributed by atoms with van der Waals surface area (Å²) in [5.41, 5.74) is 1.52. The highest BCUT2D eigenvalue weighted by Crippen LogP contribution is 2.26. The van der Waals surface area contributed by atoms with Crippen LogP contribution in [-0.2, 0) is 4.79 Å². The fourth-order valence-corrected chi connectivity index (χ4v) is 4.69. The number of carbonyl (C=O) groups excluding carboxylic acids is 2. The third-order valence-electron chi connectivity index (χ3n) is 5.69. The van der Waals surface area contributed by atoms with E-state index in [2.05, 4.69) is 4.98 Å². The summed E-state index contributed by atoms with van der Waals surface area (Å²) in [6.07, 6.45) is 7.36. The van der Waals surface area contributed by atoms with Crippen molar-refractivity contribution in [1.82, 2.24) is 19.4 Å². The van der Waals surface area contributed by atoms with Gasteiger partial charge < -0.3 is 9.80 Å². The summed E-state index contributed by atoms with van der Waals surface area (Å²) in [4.78, 5) is 34.2. The third-order valence-corrected chi connectivity index (χ3v) is 6.35. The van der Waals surface area contributed by atoms with E-state index in [-0.39, 0.29) is 17.7 Å². The minimum Gasteiger partial charge on any atom is -0.342 e. The molecule has 2 amide bonds. The van der Waals surface area contributed by atoms with E-state index in [0.717, 1.165) is 49.6 Å². The number of amides is 2. The number of nitrogens with zero attached hydrogens (tertiary/aromatic N) is 4. The average molecular weight is 399 g/mol. The second-order valence-corrected chi connectivity index (χ2v) is 8.17. The van der Waals surface area contributed by atoms with Gasteiger partial charge in [-0.15, -0.1) is 0 Å². The Hall–Kier alpha value is -2.28. The van der Waals surface area contributed by atoms with Gasteiger partial charge in [0, 0.05) is 37.8 Å². The van der Waals surface area contributed by atoms with Crippen molar-refractivity contribution in [1.29, 1.82) is 0 Å². The van der Waals surface area contributed by atoms with Crippen molar-refractivity contribution in [2.24, 2.45) is 5.92 Å². The van der Waals surface area contributed by atoms with E-state index >= 15 is 0 Å². The summed E-state index contributed by atoms with van der Waals surface area (Å²) in [5, 5.41) is 0.800. The summed E-state index contributed by atoms with van der Waals surface area (Å²) in [6, 6.07) is 9.85. The van der Waals surface area contributed by atoms with Crippen molar-refractivity contribution in [2.75, 3.05) is 32.4 Å². The number of imidazole rings is 1. The molecule has 1 aromatic carbocycles. The second kappa shape index (κ2) is 8.39. The van der Waals surface area contributed by atoms with Crippen LogP contribution >= 0.6 is 11.8 Å². The molecule has 0 saturated carbocycles. The van der Waals surface area contributed by atoms with Crippen LogP contribution in [0.1, 0.15) is 36.2 Å². The normalized spacial score (nSPS) is 17.9. The second-order valence-electron chi connectivity index (χ2n) is 7.40. The molecule has 148 valence electrons. The van der Waals surface area contributed by atoms with E-state index in [4.69, 9.17) is 0 Å². The monoisotopic (exact) mass is 398 g/mol. The fraction of sp³-hybridized carbons (Fsp3) is 0.476. The highest BCUT2D eigenvalue weighted by Gasteiger charge is 2.32. The lowest BCUT2D eigenvalue weighted by molar-refractivity contribution is -0.135. The first-order valence-corrected chi connectivity index (χ1v) is 11.2. The van der Waals surface area contributed by atoms with Crippen LogP contribution in [0.25, 0.3) is 5.69 Å². The molecule has 1 aromatic heterocycles. The topological polar surface area (TPSA) is 58.4 Å². The van der Waals surface area contributed by atoms with Gasteiger partial charge in [-0.1, -0.05) is 30.0 Å². The molecule has 7 heteroatoms. The zero-order valence-electron chi connectivity index (χ0n) is 16.2. The molecule has 0 spiro atoms. The number of benzene rings is 1. The minimum absolute atomic E-state index is 0.0104. The summed E-state index contributed by atoms with van der Waals surface area (Å²) >= 11 is 1.52.